The zero-order valence-electron chi connectivity index (χ0n) is 17.4. The standard InChI is InChI=1S/C22H42Si2/c1-18(2)23(4,5)22-14-10-11-20(15-16-22)17-19(3)24(6,7)21-12-8-9-13-21/h17,20-22H,1,8-16H2,2-7H3/b19-17+. The van der Waals surface area contributed by atoms with Gasteiger partial charge in [0.25, 0.3) is 0 Å². The summed E-state index contributed by atoms with van der Waals surface area (Å²) >= 11 is 0. The first-order chi connectivity index (χ1) is 11.2. The molecule has 0 saturated heterocycles. The fraction of sp³-hybridized carbons (Fsp3) is 0.818. The molecule has 0 aromatic heterocycles. The second kappa shape index (κ2) is 8.08. The topological polar surface area (TPSA) is 0 Å². The summed E-state index contributed by atoms with van der Waals surface area (Å²) in [5, 5.41) is 3.32. The molecule has 24 heavy (non-hydrogen) atoms. The van der Waals surface area contributed by atoms with Crippen molar-refractivity contribution < 1.29 is 0 Å². The molecular formula is C22H42Si2. The van der Waals surface area contributed by atoms with Gasteiger partial charge in [-0.2, -0.15) is 0 Å². The molecule has 2 atom stereocenters. The van der Waals surface area contributed by atoms with E-state index in [1.807, 2.05) is 5.20 Å². The Kier molecular flexibility index (Phi) is 6.81. The van der Waals surface area contributed by atoms with Gasteiger partial charge in [-0.1, -0.05) is 87.6 Å². The largest absolute Gasteiger partial charge is 0.104 e. The maximum absolute atomic E-state index is 4.33. The number of hydrogen-bond acceptors (Lipinski definition) is 0. The Balaban J connectivity index is 2.02. The van der Waals surface area contributed by atoms with Crippen molar-refractivity contribution in [3.8, 4) is 0 Å². The van der Waals surface area contributed by atoms with Crippen LogP contribution in [0.1, 0.15) is 71.6 Å². The van der Waals surface area contributed by atoms with Crippen molar-refractivity contribution in [1.29, 1.82) is 0 Å². The van der Waals surface area contributed by atoms with E-state index in [1.54, 1.807) is 0 Å². The molecule has 2 aliphatic rings. The Hall–Kier alpha value is -0.0862. The Morgan fingerprint density at radius 3 is 1.88 bits per heavy atom. The van der Waals surface area contributed by atoms with Crippen LogP contribution in [0.3, 0.4) is 0 Å². The summed E-state index contributed by atoms with van der Waals surface area (Å²) in [6.07, 6.45) is 16.0. The lowest BCUT2D eigenvalue weighted by atomic mass is 10.00. The Bertz CT molecular complexity index is 466. The van der Waals surface area contributed by atoms with Gasteiger partial charge in [0.2, 0.25) is 0 Å². The third-order valence-corrected chi connectivity index (χ3v) is 17.6. The first kappa shape index (κ1) is 20.2. The maximum atomic E-state index is 4.33. The van der Waals surface area contributed by atoms with Gasteiger partial charge in [-0.3, -0.25) is 0 Å². The number of rotatable bonds is 5. The second-order valence-electron chi connectivity index (χ2n) is 10.0. The molecule has 2 aliphatic carbocycles. The van der Waals surface area contributed by atoms with Gasteiger partial charge in [0.15, 0.2) is 0 Å². The quantitative estimate of drug-likeness (QED) is 0.344. The van der Waals surface area contributed by atoms with Crippen LogP contribution in [0.25, 0.3) is 0 Å². The van der Waals surface area contributed by atoms with Crippen molar-refractivity contribution in [2.45, 2.75) is 109 Å². The van der Waals surface area contributed by atoms with Gasteiger partial charge in [0.1, 0.15) is 0 Å². The van der Waals surface area contributed by atoms with Gasteiger partial charge in [-0.15, -0.1) is 6.58 Å². The van der Waals surface area contributed by atoms with E-state index in [4.69, 9.17) is 0 Å². The van der Waals surface area contributed by atoms with Crippen LogP contribution in [0, 0.1) is 5.92 Å². The fourth-order valence-electron chi connectivity index (χ4n) is 5.10. The zero-order valence-corrected chi connectivity index (χ0v) is 19.4. The van der Waals surface area contributed by atoms with Crippen LogP contribution >= 0.6 is 0 Å². The van der Waals surface area contributed by atoms with E-state index in [2.05, 4.69) is 52.7 Å². The third kappa shape index (κ3) is 4.55. The van der Waals surface area contributed by atoms with Crippen LogP contribution in [0.5, 0.6) is 0 Å². The summed E-state index contributed by atoms with van der Waals surface area (Å²) in [4.78, 5) is 0. The van der Waals surface area contributed by atoms with E-state index in [1.165, 1.54) is 63.0 Å². The molecule has 0 aliphatic heterocycles. The van der Waals surface area contributed by atoms with E-state index in [0.29, 0.717) is 0 Å². The van der Waals surface area contributed by atoms with E-state index < -0.39 is 16.1 Å². The molecule has 0 bridgehead atoms. The highest BCUT2D eigenvalue weighted by Crippen LogP contribution is 2.44. The lowest BCUT2D eigenvalue weighted by Crippen LogP contribution is -2.34. The molecule has 2 saturated carbocycles. The molecule has 2 heteroatoms. The summed E-state index contributed by atoms with van der Waals surface area (Å²) in [5.41, 5.74) is 2.02. The fourth-order valence-corrected chi connectivity index (χ4v) is 10.8. The molecule has 0 heterocycles. The van der Waals surface area contributed by atoms with Crippen LogP contribution in [0.15, 0.2) is 23.0 Å². The van der Waals surface area contributed by atoms with Crippen LogP contribution in [0.4, 0.5) is 0 Å². The van der Waals surface area contributed by atoms with Crippen molar-refractivity contribution in [2.75, 3.05) is 0 Å². The van der Waals surface area contributed by atoms with Crippen LogP contribution in [0.2, 0.25) is 37.3 Å². The van der Waals surface area contributed by atoms with E-state index in [0.717, 1.165) is 17.0 Å². The van der Waals surface area contributed by atoms with Crippen molar-refractivity contribution in [1.82, 2.24) is 0 Å². The Morgan fingerprint density at radius 2 is 1.29 bits per heavy atom. The molecule has 2 rings (SSSR count). The highest BCUT2D eigenvalue weighted by molar-refractivity contribution is 6.85. The van der Waals surface area contributed by atoms with E-state index >= 15 is 0 Å². The molecule has 0 nitrogen and oxygen atoms in total. The molecule has 0 N–H and O–H groups in total. The predicted molar refractivity (Wildman–Crippen MR) is 116 cm³/mol. The van der Waals surface area contributed by atoms with Crippen LogP contribution in [-0.4, -0.2) is 16.1 Å². The summed E-state index contributed by atoms with van der Waals surface area (Å²) in [7, 11) is -2.44. The lowest BCUT2D eigenvalue weighted by molar-refractivity contribution is 0.556. The molecule has 2 fully saturated rings. The third-order valence-electron chi connectivity index (χ3n) is 8.01. The van der Waals surface area contributed by atoms with E-state index in [-0.39, 0.29) is 0 Å². The summed E-state index contributed by atoms with van der Waals surface area (Å²) in [5.74, 6) is 0.859. The van der Waals surface area contributed by atoms with Crippen molar-refractivity contribution in [2.24, 2.45) is 5.92 Å². The highest BCUT2D eigenvalue weighted by atomic mass is 28.3. The highest BCUT2D eigenvalue weighted by Gasteiger charge is 2.36. The van der Waals surface area contributed by atoms with E-state index in [9.17, 15) is 0 Å². The van der Waals surface area contributed by atoms with Gasteiger partial charge in [0, 0.05) is 0 Å². The molecule has 0 aromatic carbocycles. The average Bonchev–Trinajstić information content (AvgIpc) is 2.95. The van der Waals surface area contributed by atoms with Crippen molar-refractivity contribution >= 4 is 16.1 Å². The SMILES string of the molecule is C=C(C)[Si](C)(C)C1CCCC(/C=C(\C)[Si](C)(C)C2CCCC2)CC1. The van der Waals surface area contributed by atoms with Gasteiger partial charge in [0.05, 0.1) is 16.1 Å². The van der Waals surface area contributed by atoms with Crippen molar-refractivity contribution in [3.05, 3.63) is 23.0 Å². The minimum Gasteiger partial charge on any atom is -0.104 e. The zero-order chi connectivity index (χ0) is 18.0. The minimum absolute atomic E-state index is 0.859. The smallest absolute Gasteiger partial charge is 0.0777 e. The minimum atomic E-state index is -1.25. The molecular weight excluding hydrogens is 320 g/mol. The maximum Gasteiger partial charge on any atom is 0.0777 e. The molecule has 0 spiro atoms. The second-order valence-corrected chi connectivity index (χ2v) is 20.2. The van der Waals surface area contributed by atoms with Crippen LogP contribution in [-0.2, 0) is 0 Å². The summed E-state index contributed by atoms with van der Waals surface area (Å²) in [6, 6.07) is 0. The summed E-state index contributed by atoms with van der Waals surface area (Å²) in [6.45, 7) is 19.5. The first-order valence-electron chi connectivity index (χ1n) is 10.5. The summed E-state index contributed by atoms with van der Waals surface area (Å²) < 4.78 is 0. The molecule has 0 amide bonds. The average molecular weight is 363 g/mol. The molecule has 2 unspecified atom stereocenters. The van der Waals surface area contributed by atoms with Gasteiger partial charge < -0.3 is 0 Å². The number of allylic oxidation sites excluding steroid dienone is 3. The van der Waals surface area contributed by atoms with Gasteiger partial charge >= 0.3 is 0 Å². The first-order valence-corrected chi connectivity index (χ1v) is 16.7. The van der Waals surface area contributed by atoms with Gasteiger partial charge in [-0.25, -0.2) is 0 Å². The molecule has 138 valence electrons. The van der Waals surface area contributed by atoms with Crippen LogP contribution < -0.4 is 0 Å². The Labute approximate surface area is 154 Å². The monoisotopic (exact) mass is 362 g/mol. The lowest BCUT2D eigenvalue weighted by Gasteiger charge is -2.33. The normalized spacial score (nSPS) is 28.0. The van der Waals surface area contributed by atoms with Crippen molar-refractivity contribution in [3.63, 3.8) is 0 Å². The predicted octanol–water partition coefficient (Wildman–Crippen LogP) is 7.90. The molecule has 0 aromatic rings. The molecule has 0 radical (unpaired) electrons. The van der Waals surface area contributed by atoms with Gasteiger partial charge in [-0.05, 0) is 43.7 Å². The Morgan fingerprint density at radius 1 is 0.750 bits per heavy atom. The number of hydrogen-bond donors (Lipinski definition) is 0.